The monoisotopic (exact) mass is 396 g/mol. The van der Waals surface area contributed by atoms with Gasteiger partial charge in [0.15, 0.2) is 0 Å². The van der Waals surface area contributed by atoms with Gasteiger partial charge in [0.25, 0.3) is 0 Å². The van der Waals surface area contributed by atoms with Crippen LogP contribution in [-0.2, 0) is 14.9 Å². The highest BCUT2D eigenvalue weighted by Crippen LogP contribution is 2.49. The number of amides is 1. The predicted octanol–water partition coefficient (Wildman–Crippen LogP) is 3.38. The summed E-state index contributed by atoms with van der Waals surface area (Å²) in [4.78, 5) is 12.8. The summed E-state index contributed by atoms with van der Waals surface area (Å²) in [5.74, 6) is -0.0912. The van der Waals surface area contributed by atoms with E-state index in [1.165, 1.54) is 5.56 Å². The number of nitrogens with two attached hydrogens (primary N) is 1. The summed E-state index contributed by atoms with van der Waals surface area (Å²) in [6.45, 7) is 11.4. The van der Waals surface area contributed by atoms with Gasteiger partial charge in [-0.1, -0.05) is 55.8 Å². The van der Waals surface area contributed by atoms with E-state index in [0.29, 0.717) is 19.6 Å². The molecule has 0 spiro atoms. The van der Waals surface area contributed by atoms with Crippen molar-refractivity contribution in [1.82, 2.24) is 5.32 Å². The standard InChI is InChI=1S/C19H29BrN2O2/c1-6-24-15-11-19(21,18(15,4)5)16(23)22-12-17(2,3)13-8-7-9-14(20)10-13/h7-10,15H,6,11-12,21H2,1-5H3,(H,22,23). The summed E-state index contributed by atoms with van der Waals surface area (Å²) in [6, 6.07) is 8.17. The van der Waals surface area contributed by atoms with E-state index in [-0.39, 0.29) is 22.8 Å². The van der Waals surface area contributed by atoms with Crippen LogP contribution in [0, 0.1) is 5.41 Å². The first-order valence-electron chi connectivity index (χ1n) is 8.49. The lowest BCUT2D eigenvalue weighted by Crippen LogP contribution is -2.76. The van der Waals surface area contributed by atoms with E-state index in [4.69, 9.17) is 10.5 Å². The molecule has 3 N–H and O–H groups in total. The Bertz CT molecular complexity index is 615. The Kier molecular flexibility index (Phi) is 5.48. The van der Waals surface area contributed by atoms with Gasteiger partial charge >= 0.3 is 0 Å². The zero-order valence-corrected chi connectivity index (χ0v) is 16.9. The molecule has 1 aliphatic carbocycles. The maximum atomic E-state index is 12.8. The van der Waals surface area contributed by atoms with Crippen LogP contribution in [0.3, 0.4) is 0 Å². The van der Waals surface area contributed by atoms with Gasteiger partial charge in [-0.25, -0.2) is 0 Å². The number of ether oxygens (including phenoxy) is 1. The molecular formula is C19H29BrN2O2. The van der Waals surface area contributed by atoms with Gasteiger partial charge in [0.05, 0.1) is 6.10 Å². The van der Waals surface area contributed by atoms with Crippen LogP contribution in [0.1, 0.15) is 46.6 Å². The molecule has 2 unspecified atom stereocenters. The minimum Gasteiger partial charge on any atom is -0.378 e. The Labute approximate surface area is 153 Å². The lowest BCUT2D eigenvalue weighted by Gasteiger charge is -2.57. The van der Waals surface area contributed by atoms with E-state index in [2.05, 4.69) is 47.2 Å². The Morgan fingerprint density at radius 3 is 2.67 bits per heavy atom. The number of benzene rings is 1. The minimum atomic E-state index is -0.875. The van der Waals surface area contributed by atoms with Crippen molar-refractivity contribution in [2.45, 2.75) is 58.1 Å². The topological polar surface area (TPSA) is 64.3 Å². The average Bonchev–Trinajstić information content (AvgIpc) is 2.52. The third kappa shape index (κ3) is 3.39. The van der Waals surface area contributed by atoms with Crippen molar-refractivity contribution in [2.24, 2.45) is 11.1 Å². The second kappa shape index (κ2) is 6.77. The fraction of sp³-hybridized carbons (Fsp3) is 0.632. The number of carbonyl (C=O) groups is 1. The third-order valence-electron chi connectivity index (χ3n) is 5.53. The smallest absolute Gasteiger partial charge is 0.240 e. The quantitative estimate of drug-likeness (QED) is 0.774. The van der Waals surface area contributed by atoms with Crippen LogP contribution >= 0.6 is 15.9 Å². The third-order valence-corrected chi connectivity index (χ3v) is 6.03. The van der Waals surface area contributed by atoms with Crippen molar-refractivity contribution in [1.29, 1.82) is 0 Å². The van der Waals surface area contributed by atoms with E-state index in [0.717, 1.165) is 4.47 Å². The van der Waals surface area contributed by atoms with Crippen molar-refractivity contribution in [3.8, 4) is 0 Å². The molecule has 1 saturated carbocycles. The second-order valence-corrected chi connectivity index (χ2v) is 8.83. The maximum Gasteiger partial charge on any atom is 0.240 e. The van der Waals surface area contributed by atoms with Gasteiger partial charge in [-0.3, -0.25) is 4.79 Å². The molecule has 134 valence electrons. The molecule has 1 fully saturated rings. The van der Waals surface area contributed by atoms with Gasteiger partial charge in [-0.05, 0) is 24.6 Å². The summed E-state index contributed by atoms with van der Waals surface area (Å²) >= 11 is 3.50. The van der Waals surface area contributed by atoms with Crippen LogP contribution in [0.5, 0.6) is 0 Å². The lowest BCUT2D eigenvalue weighted by molar-refractivity contribution is -0.170. The van der Waals surface area contributed by atoms with Crippen LogP contribution in [0.15, 0.2) is 28.7 Å². The van der Waals surface area contributed by atoms with E-state index in [1.807, 2.05) is 32.9 Å². The van der Waals surface area contributed by atoms with Crippen LogP contribution in [0.2, 0.25) is 0 Å². The molecule has 1 amide bonds. The van der Waals surface area contributed by atoms with Gasteiger partial charge in [-0.2, -0.15) is 0 Å². The largest absolute Gasteiger partial charge is 0.378 e. The van der Waals surface area contributed by atoms with Crippen molar-refractivity contribution < 1.29 is 9.53 Å². The Morgan fingerprint density at radius 2 is 2.12 bits per heavy atom. The number of carbonyl (C=O) groups excluding carboxylic acids is 1. The van der Waals surface area contributed by atoms with Crippen LogP contribution in [-0.4, -0.2) is 30.7 Å². The summed E-state index contributed by atoms with van der Waals surface area (Å²) in [6.07, 6.45) is 0.605. The molecule has 1 aromatic carbocycles. The highest BCUT2D eigenvalue weighted by atomic mass is 79.9. The molecule has 1 aliphatic rings. The van der Waals surface area contributed by atoms with Crippen LogP contribution < -0.4 is 11.1 Å². The lowest BCUT2D eigenvalue weighted by atomic mass is 9.54. The second-order valence-electron chi connectivity index (χ2n) is 7.92. The average molecular weight is 397 g/mol. The highest BCUT2D eigenvalue weighted by Gasteiger charge is 2.62. The van der Waals surface area contributed by atoms with Crippen molar-refractivity contribution >= 4 is 21.8 Å². The van der Waals surface area contributed by atoms with E-state index >= 15 is 0 Å². The predicted molar refractivity (Wildman–Crippen MR) is 101 cm³/mol. The van der Waals surface area contributed by atoms with Crippen molar-refractivity contribution in [2.75, 3.05) is 13.2 Å². The molecule has 0 saturated heterocycles. The normalized spacial score (nSPS) is 25.9. The zero-order chi connectivity index (χ0) is 18.2. The molecule has 0 aliphatic heterocycles. The van der Waals surface area contributed by atoms with Gasteiger partial charge in [0.2, 0.25) is 5.91 Å². The summed E-state index contributed by atoms with van der Waals surface area (Å²) in [5.41, 5.74) is 6.19. The molecule has 24 heavy (non-hydrogen) atoms. The molecule has 1 aromatic rings. The fourth-order valence-electron chi connectivity index (χ4n) is 3.29. The van der Waals surface area contributed by atoms with Crippen LogP contribution in [0.25, 0.3) is 0 Å². The molecule has 0 aromatic heterocycles. The molecular weight excluding hydrogens is 368 g/mol. The first kappa shape index (κ1) is 19.4. The van der Waals surface area contributed by atoms with Gasteiger partial charge in [0.1, 0.15) is 5.54 Å². The minimum absolute atomic E-state index is 0.0383. The first-order valence-corrected chi connectivity index (χ1v) is 9.29. The zero-order valence-electron chi connectivity index (χ0n) is 15.3. The Hall–Kier alpha value is -0.910. The molecule has 4 nitrogen and oxygen atoms in total. The van der Waals surface area contributed by atoms with E-state index in [1.54, 1.807) is 0 Å². The van der Waals surface area contributed by atoms with E-state index < -0.39 is 5.54 Å². The van der Waals surface area contributed by atoms with E-state index in [9.17, 15) is 4.79 Å². The summed E-state index contributed by atoms with van der Waals surface area (Å²) in [7, 11) is 0. The SMILES string of the molecule is CCOC1CC(N)(C(=O)NCC(C)(C)c2cccc(Br)c2)C1(C)C. The van der Waals surface area contributed by atoms with Gasteiger partial charge < -0.3 is 15.8 Å². The van der Waals surface area contributed by atoms with Crippen LogP contribution in [0.4, 0.5) is 0 Å². The van der Waals surface area contributed by atoms with Gasteiger partial charge in [0, 0.05) is 34.9 Å². The maximum absolute atomic E-state index is 12.8. The number of hydrogen-bond acceptors (Lipinski definition) is 3. The summed E-state index contributed by atoms with van der Waals surface area (Å²) < 4.78 is 6.74. The number of halogens is 1. The molecule has 0 bridgehead atoms. The number of hydrogen-bond donors (Lipinski definition) is 2. The fourth-order valence-corrected chi connectivity index (χ4v) is 3.69. The molecule has 0 heterocycles. The Balaban J connectivity index is 2.03. The summed E-state index contributed by atoms with van der Waals surface area (Å²) in [5, 5.41) is 3.07. The van der Waals surface area contributed by atoms with Crippen molar-refractivity contribution in [3.63, 3.8) is 0 Å². The Morgan fingerprint density at radius 1 is 1.46 bits per heavy atom. The number of rotatable bonds is 6. The molecule has 5 heteroatoms. The number of nitrogens with one attached hydrogen (secondary N) is 1. The molecule has 0 radical (unpaired) electrons. The molecule has 2 atom stereocenters. The van der Waals surface area contributed by atoms with Gasteiger partial charge in [-0.15, -0.1) is 0 Å². The highest BCUT2D eigenvalue weighted by molar-refractivity contribution is 9.10. The molecule has 2 rings (SSSR count). The van der Waals surface area contributed by atoms with Crippen molar-refractivity contribution in [3.05, 3.63) is 34.3 Å². The first-order chi connectivity index (χ1) is 11.0.